The van der Waals surface area contributed by atoms with E-state index >= 15 is 0 Å². The highest BCUT2D eigenvalue weighted by Gasteiger charge is 2.20. The molecular weight excluding hydrogens is 446 g/mol. The third-order valence-electron chi connectivity index (χ3n) is 5.22. The minimum atomic E-state index is -0.392. The van der Waals surface area contributed by atoms with Gasteiger partial charge in [-0.2, -0.15) is 0 Å². The summed E-state index contributed by atoms with van der Waals surface area (Å²) in [5, 5.41) is 2.60. The smallest absolute Gasteiger partial charge is 0.266 e. The number of primary amides is 1. The molecule has 0 saturated heterocycles. The molecule has 0 unspecified atom stereocenters. The Hall–Kier alpha value is -3.97. The van der Waals surface area contributed by atoms with Crippen molar-refractivity contribution in [1.29, 1.82) is 0 Å². The van der Waals surface area contributed by atoms with Gasteiger partial charge in [0, 0.05) is 17.5 Å². The molecule has 0 atom stereocenters. The average Bonchev–Trinajstić information content (AvgIpc) is 3.34. The number of ether oxygens (including phenoxy) is 1. The van der Waals surface area contributed by atoms with Gasteiger partial charge >= 0.3 is 0 Å². The molecule has 0 saturated carbocycles. The van der Waals surface area contributed by atoms with Crippen LogP contribution in [0.5, 0.6) is 5.75 Å². The van der Waals surface area contributed by atoms with Crippen LogP contribution in [0.15, 0.2) is 90.3 Å². The van der Waals surface area contributed by atoms with Crippen molar-refractivity contribution in [1.82, 2.24) is 4.98 Å². The van der Waals surface area contributed by atoms with E-state index in [1.54, 1.807) is 29.2 Å². The number of nitrogens with zero attached hydrogens (tertiary/aromatic N) is 2. The Morgan fingerprint density at radius 1 is 0.882 bits per heavy atom. The maximum atomic E-state index is 13.2. The molecular formula is C27H25N3O3S. The zero-order valence-corrected chi connectivity index (χ0v) is 19.4. The lowest BCUT2D eigenvalue weighted by molar-refractivity contribution is -0.120. The molecule has 172 valence electrons. The number of aromatic nitrogens is 1. The lowest BCUT2D eigenvalue weighted by Gasteiger charge is -2.20. The molecule has 4 aromatic rings. The van der Waals surface area contributed by atoms with Gasteiger partial charge in [-0.15, -0.1) is 11.3 Å². The molecule has 0 spiro atoms. The van der Waals surface area contributed by atoms with Crippen LogP contribution in [0.25, 0.3) is 11.3 Å². The van der Waals surface area contributed by atoms with Crippen LogP contribution in [0.2, 0.25) is 0 Å². The van der Waals surface area contributed by atoms with Gasteiger partial charge in [0.15, 0.2) is 11.7 Å². The van der Waals surface area contributed by atoms with Crippen LogP contribution in [0.3, 0.4) is 0 Å². The van der Waals surface area contributed by atoms with E-state index in [1.165, 1.54) is 11.3 Å². The lowest BCUT2D eigenvalue weighted by atomic mass is 10.1. The standard InChI is InChI=1S/C27H25N3O3S/c28-25(31)17-21-11-13-23(14-12-21)33-18-26(32)30(16-15-20-7-3-1-4-8-20)27-29-24(19-34-27)22-9-5-2-6-10-22/h1-14,19H,15-18H2,(H2,28,31). The van der Waals surface area contributed by atoms with Crippen molar-refractivity contribution in [2.45, 2.75) is 12.8 Å². The fourth-order valence-electron chi connectivity index (χ4n) is 3.47. The van der Waals surface area contributed by atoms with Crippen LogP contribution in [0.4, 0.5) is 5.13 Å². The fraction of sp³-hybridized carbons (Fsp3) is 0.148. The molecule has 34 heavy (non-hydrogen) atoms. The van der Waals surface area contributed by atoms with Gasteiger partial charge in [0.2, 0.25) is 5.91 Å². The highest BCUT2D eigenvalue weighted by molar-refractivity contribution is 7.14. The lowest BCUT2D eigenvalue weighted by Crippen LogP contribution is -2.36. The molecule has 4 rings (SSSR count). The number of hydrogen-bond donors (Lipinski definition) is 1. The first-order valence-corrected chi connectivity index (χ1v) is 11.8. The molecule has 0 aliphatic carbocycles. The third-order valence-corrected chi connectivity index (χ3v) is 6.09. The second-order valence-electron chi connectivity index (χ2n) is 7.74. The summed E-state index contributed by atoms with van der Waals surface area (Å²) in [6.07, 6.45) is 0.870. The number of anilines is 1. The summed E-state index contributed by atoms with van der Waals surface area (Å²) in [6.45, 7) is 0.371. The van der Waals surface area contributed by atoms with E-state index in [0.717, 1.165) is 22.4 Å². The number of nitrogens with two attached hydrogens (primary N) is 1. The minimum Gasteiger partial charge on any atom is -0.484 e. The van der Waals surface area contributed by atoms with Gasteiger partial charge in [0.05, 0.1) is 12.1 Å². The normalized spacial score (nSPS) is 10.6. The zero-order valence-electron chi connectivity index (χ0n) is 18.6. The fourth-order valence-corrected chi connectivity index (χ4v) is 4.35. The van der Waals surface area contributed by atoms with E-state index in [2.05, 4.69) is 0 Å². The molecule has 1 heterocycles. The van der Waals surface area contributed by atoms with Crippen molar-refractivity contribution in [3.8, 4) is 17.0 Å². The van der Waals surface area contributed by atoms with Crippen molar-refractivity contribution in [2.75, 3.05) is 18.1 Å². The molecule has 6 nitrogen and oxygen atoms in total. The first-order chi connectivity index (χ1) is 16.6. The molecule has 2 N–H and O–H groups in total. The highest BCUT2D eigenvalue weighted by Crippen LogP contribution is 2.28. The van der Waals surface area contributed by atoms with Gasteiger partial charge in [0.25, 0.3) is 5.91 Å². The van der Waals surface area contributed by atoms with Crippen molar-refractivity contribution in [3.63, 3.8) is 0 Å². The van der Waals surface area contributed by atoms with Gasteiger partial charge < -0.3 is 10.5 Å². The van der Waals surface area contributed by atoms with Crippen molar-refractivity contribution >= 4 is 28.3 Å². The minimum absolute atomic E-state index is 0.121. The Bertz CT molecular complexity index is 1220. The Morgan fingerprint density at radius 3 is 2.24 bits per heavy atom. The molecule has 0 bridgehead atoms. The van der Waals surface area contributed by atoms with Crippen molar-refractivity contribution in [2.24, 2.45) is 5.73 Å². The SMILES string of the molecule is NC(=O)Cc1ccc(OCC(=O)N(CCc2ccccc2)c2nc(-c3ccccc3)cs2)cc1. The number of carbonyl (C=O) groups excluding carboxylic acids is 2. The van der Waals surface area contributed by atoms with E-state index in [4.69, 9.17) is 15.5 Å². The predicted molar refractivity (Wildman–Crippen MR) is 135 cm³/mol. The molecule has 7 heteroatoms. The molecule has 0 radical (unpaired) electrons. The van der Waals surface area contributed by atoms with Crippen molar-refractivity contribution < 1.29 is 14.3 Å². The van der Waals surface area contributed by atoms with Gasteiger partial charge in [0.1, 0.15) is 5.75 Å². The van der Waals surface area contributed by atoms with Crippen LogP contribution >= 0.6 is 11.3 Å². The molecule has 2 amide bonds. The largest absolute Gasteiger partial charge is 0.484 e. The first-order valence-electron chi connectivity index (χ1n) is 10.9. The maximum Gasteiger partial charge on any atom is 0.266 e. The summed E-state index contributed by atoms with van der Waals surface area (Å²) in [5.41, 5.74) is 9.02. The summed E-state index contributed by atoms with van der Waals surface area (Å²) in [6, 6.07) is 26.9. The van der Waals surface area contributed by atoms with Gasteiger partial charge in [-0.3, -0.25) is 14.5 Å². The number of benzene rings is 3. The second kappa shape index (κ2) is 11.2. The van der Waals surface area contributed by atoms with Crippen LogP contribution in [-0.4, -0.2) is 29.9 Å². The second-order valence-corrected chi connectivity index (χ2v) is 8.57. The van der Waals surface area contributed by atoms with E-state index in [1.807, 2.05) is 66.0 Å². The molecule has 1 aromatic heterocycles. The van der Waals surface area contributed by atoms with E-state index in [0.29, 0.717) is 23.8 Å². The Balaban J connectivity index is 1.47. The van der Waals surface area contributed by atoms with Crippen molar-refractivity contribution in [3.05, 3.63) is 101 Å². The summed E-state index contributed by atoms with van der Waals surface area (Å²) in [5.74, 6) is -0.0176. The van der Waals surface area contributed by atoms with Crippen LogP contribution in [-0.2, 0) is 22.4 Å². The van der Waals surface area contributed by atoms with Gasteiger partial charge in [-0.25, -0.2) is 4.98 Å². The Morgan fingerprint density at radius 2 is 1.56 bits per heavy atom. The number of amides is 2. The number of rotatable bonds is 10. The molecule has 0 aliphatic rings. The summed E-state index contributed by atoms with van der Waals surface area (Å²) < 4.78 is 5.74. The van der Waals surface area contributed by atoms with E-state index < -0.39 is 5.91 Å². The third kappa shape index (κ3) is 6.30. The zero-order chi connectivity index (χ0) is 23.8. The molecule has 0 fully saturated rings. The quantitative estimate of drug-likeness (QED) is 0.369. The van der Waals surface area contributed by atoms with Gasteiger partial charge in [-0.05, 0) is 29.7 Å². The average molecular weight is 472 g/mol. The van der Waals surface area contributed by atoms with E-state index in [-0.39, 0.29) is 18.9 Å². The maximum absolute atomic E-state index is 13.2. The summed E-state index contributed by atoms with van der Waals surface area (Å²) >= 11 is 1.44. The molecule has 3 aromatic carbocycles. The number of carbonyl (C=O) groups is 2. The first kappa shape index (κ1) is 23.2. The topological polar surface area (TPSA) is 85.5 Å². The number of hydrogen-bond acceptors (Lipinski definition) is 5. The highest BCUT2D eigenvalue weighted by atomic mass is 32.1. The van der Waals surface area contributed by atoms with Crippen LogP contribution in [0.1, 0.15) is 11.1 Å². The van der Waals surface area contributed by atoms with Gasteiger partial charge in [-0.1, -0.05) is 72.8 Å². The molecule has 0 aliphatic heterocycles. The Kier molecular flexibility index (Phi) is 7.67. The summed E-state index contributed by atoms with van der Waals surface area (Å²) in [4.78, 5) is 30.7. The van der Waals surface area contributed by atoms with Crippen LogP contribution in [0, 0.1) is 0 Å². The predicted octanol–water partition coefficient (Wildman–Crippen LogP) is 4.49. The van der Waals surface area contributed by atoms with E-state index in [9.17, 15) is 9.59 Å². The number of thiazole rings is 1. The monoisotopic (exact) mass is 471 g/mol. The summed E-state index contributed by atoms with van der Waals surface area (Å²) in [7, 11) is 0. The van der Waals surface area contributed by atoms with Crippen LogP contribution < -0.4 is 15.4 Å². The Labute approximate surface area is 202 Å².